The fourth-order valence-corrected chi connectivity index (χ4v) is 6.44. The van der Waals surface area contributed by atoms with Crippen LogP contribution < -0.4 is 0 Å². The van der Waals surface area contributed by atoms with Crippen molar-refractivity contribution in [2.24, 2.45) is 0 Å². The highest BCUT2D eigenvalue weighted by molar-refractivity contribution is 8.01. The first-order valence-electron chi connectivity index (χ1n) is 11.8. The van der Waals surface area contributed by atoms with Crippen LogP contribution in [0.15, 0.2) is 91.0 Å². The highest BCUT2D eigenvalue weighted by Crippen LogP contribution is 2.52. The van der Waals surface area contributed by atoms with E-state index < -0.39 is 28.5 Å². The first-order valence-corrected chi connectivity index (χ1v) is 12.7. The van der Waals surface area contributed by atoms with Crippen molar-refractivity contribution < 1.29 is 19.4 Å². The zero-order valence-corrected chi connectivity index (χ0v) is 21.1. The molecular weight excluding hydrogens is 458 g/mol. The third-order valence-corrected chi connectivity index (χ3v) is 7.80. The van der Waals surface area contributed by atoms with Gasteiger partial charge in [0.15, 0.2) is 0 Å². The number of carboxylic acids is 1. The van der Waals surface area contributed by atoms with E-state index in [9.17, 15) is 14.7 Å². The van der Waals surface area contributed by atoms with Crippen molar-refractivity contribution in [3.63, 3.8) is 0 Å². The Morgan fingerprint density at radius 3 is 1.63 bits per heavy atom. The number of hydrogen-bond acceptors (Lipinski definition) is 4. The Kier molecular flexibility index (Phi) is 7.22. The van der Waals surface area contributed by atoms with Crippen LogP contribution in [-0.4, -0.2) is 45.5 Å². The summed E-state index contributed by atoms with van der Waals surface area (Å²) in [5.41, 5.74) is 2.60. The minimum absolute atomic E-state index is 0.121. The van der Waals surface area contributed by atoms with Gasteiger partial charge in [-0.1, -0.05) is 91.0 Å². The predicted octanol–water partition coefficient (Wildman–Crippen LogP) is 6.17. The van der Waals surface area contributed by atoms with E-state index in [0.29, 0.717) is 13.0 Å². The Morgan fingerprint density at radius 2 is 1.26 bits per heavy atom. The molecule has 0 radical (unpaired) electrons. The fourth-order valence-electron chi connectivity index (χ4n) is 4.61. The van der Waals surface area contributed by atoms with E-state index in [2.05, 4.69) is 36.4 Å². The van der Waals surface area contributed by atoms with E-state index in [1.54, 1.807) is 32.5 Å². The van der Waals surface area contributed by atoms with Crippen LogP contribution in [0, 0.1) is 0 Å². The van der Waals surface area contributed by atoms with Crippen molar-refractivity contribution in [1.29, 1.82) is 0 Å². The molecule has 0 bridgehead atoms. The van der Waals surface area contributed by atoms with Crippen LogP contribution in [0.4, 0.5) is 4.79 Å². The molecule has 1 saturated heterocycles. The lowest BCUT2D eigenvalue weighted by molar-refractivity contribution is -0.142. The number of amides is 1. The van der Waals surface area contributed by atoms with Gasteiger partial charge in [-0.2, -0.15) is 0 Å². The quantitative estimate of drug-likeness (QED) is 0.419. The van der Waals surface area contributed by atoms with Gasteiger partial charge in [-0.15, -0.1) is 11.8 Å². The van der Waals surface area contributed by atoms with E-state index in [4.69, 9.17) is 4.74 Å². The maximum atomic E-state index is 12.9. The highest BCUT2D eigenvalue weighted by Gasteiger charge is 2.47. The molecule has 1 fully saturated rings. The Labute approximate surface area is 211 Å². The summed E-state index contributed by atoms with van der Waals surface area (Å²) in [7, 11) is 0. The van der Waals surface area contributed by atoms with Gasteiger partial charge in [-0.25, -0.2) is 9.59 Å². The average molecular weight is 490 g/mol. The van der Waals surface area contributed by atoms with E-state index in [-0.39, 0.29) is 5.25 Å². The van der Waals surface area contributed by atoms with Gasteiger partial charge >= 0.3 is 12.1 Å². The Morgan fingerprint density at radius 1 is 0.829 bits per heavy atom. The molecule has 4 rings (SSSR count). The van der Waals surface area contributed by atoms with Crippen molar-refractivity contribution in [3.8, 4) is 0 Å². The standard InChI is InChI=1S/C29H31NO4S/c1-28(2,3)34-27(33)30-20-24(19-25(30)26(31)32)35-29(21-13-7-4-8-14-21,22-15-9-5-10-16-22)23-17-11-6-12-18-23/h4-18,24-25H,19-20H2,1-3H3,(H,31,32)/t24-,25+/m0/s1. The third kappa shape index (κ3) is 5.38. The van der Waals surface area contributed by atoms with Gasteiger partial charge in [-0.3, -0.25) is 4.90 Å². The van der Waals surface area contributed by atoms with Crippen LogP contribution in [0.1, 0.15) is 43.9 Å². The summed E-state index contributed by atoms with van der Waals surface area (Å²) in [6.07, 6.45) is -0.245. The molecular formula is C29H31NO4S. The lowest BCUT2D eigenvalue weighted by Crippen LogP contribution is -2.43. The summed E-state index contributed by atoms with van der Waals surface area (Å²) in [5, 5.41) is 9.82. The number of carbonyl (C=O) groups excluding carboxylic acids is 1. The van der Waals surface area contributed by atoms with Gasteiger partial charge in [-0.05, 0) is 43.9 Å². The van der Waals surface area contributed by atoms with Crippen LogP contribution in [0.3, 0.4) is 0 Å². The molecule has 5 nitrogen and oxygen atoms in total. The van der Waals surface area contributed by atoms with Crippen LogP contribution in [0.25, 0.3) is 0 Å². The monoisotopic (exact) mass is 489 g/mol. The molecule has 0 aromatic heterocycles. The maximum Gasteiger partial charge on any atom is 0.411 e. The fraction of sp³-hybridized carbons (Fsp3) is 0.310. The van der Waals surface area contributed by atoms with E-state index in [0.717, 1.165) is 16.7 Å². The lowest BCUT2D eigenvalue weighted by atomic mass is 9.84. The summed E-state index contributed by atoms with van der Waals surface area (Å²) in [5.74, 6) is -1.01. The number of carboxylic acid groups (broad SMARTS) is 1. The molecule has 3 aromatic carbocycles. The topological polar surface area (TPSA) is 66.8 Å². The Balaban J connectivity index is 1.78. The van der Waals surface area contributed by atoms with Gasteiger partial charge in [0.05, 0.1) is 4.75 Å². The van der Waals surface area contributed by atoms with E-state index in [1.807, 2.05) is 54.6 Å². The SMILES string of the molecule is CC(C)(C)OC(=O)N1C[C@@H](SC(c2ccccc2)(c2ccccc2)c2ccccc2)C[C@@H]1C(=O)O. The normalized spacial score (nSPS) is 18.3. The number of likely N-dealkylation sites (tertiary alicyclic amines) is 1. The average Bonchev–Trinajstić information content (AvgIpc) is 3.28. The van der Waals surface area contributed by atoms with Crippen LogP contribution in [0.5, 0.6) is 0 Å². The summed E-state index contributed by atoms with van der Waals surface area (Å²) >= 11 is 1.71. The minimum atomic E-state index is -1.01. The molecule has 3 aromatic rings. The Hall–Kier alpha value is -3.25. The molecule has 1 aliphatic heterocycles. The number of rotatable bonds is 6. The molecule has 0 saturated carbocycles. The molecule has 1 N–H and O–H groups in total. The zero-order valence-electron chi connectivity index (χ0n) is 20.3. The highest BCUT2D eigenvalue weighted by atomic mass is 32.2. The minimum Gasteiger partial charge on any atom is -0.480 e. The molecule has 1 aliphatic rings. The maximum absolute atomic E-state index is 12.9. The van der Waals surface area contributed by atoms with Crippen molar-refractivity contribution in [2.45, 2.75) is 48.8 Å². The first kappa shape index (κ1) is 24.9. The van der Waals surface area contributed by atoms with Gasteiger partial charge in [0, 0.05) is 11.8 Å². The molecule has 35 heavy (non-hydrogen) atoms. The van der Waals surface area contributed by atoms with E-state index >= 15 is 0 Å². The van der Waals surface area contributed by atoms with Crippen LogP contribution >= 0.6 is 11.8 Å². The van der Waals surface area contributed by atoms with Gasteiger partial charge < -0.3 is 9.84 Å². The number of benzene rings is 3. The molecule has 2 atom stereocenters. The molecule has 0 aliphatic carbocycles. The van der Waals surface area contributed by atoms with Crippen LogP contribution in [0.2, 0.25) is 0 Å². The second-order valence-corrected chi connectivity index (χ2v) is 11.3. The summed E-state index contributed by atoms with van der Waals surface area (Å²) < 4.78 is 4.97. The molecule has 0 spiro atoms. The van der Waals surface area contributed by atoms with Crippen molar-refractivity contribution in [3.05, 3.63) is 108 Å². The van der Waals surface area contributed by atoms with Crippen LogP contribution in [-0.2, 0) is 14.3 Å². The summed E-state index contributed by atoms with van der Waals surface area (Å²) in [6.45, 7) is 5.65. The molecule has 1 heterocycles. The summed E-state index contributed by atoms with van der Waals surface area (Å²) in [4.78, 5) is 26.4. The number of thioether (sulfide) groups is 1. The smallest absolute Gasteiger partial charge is 0.411 e. The number of hydrogen-bond donors (Lipinski definition) is 1. The third-order valence-electron chi connectivity index (χ3n) is 6.06. The summed E-state index contributed by atoms with van der Waals surface area (Å²) in [6, 6.07) is 29.9. The molecule has 0 unspecified atom stereocenters. The molecule has 6 heteroatoms. The zero-order chi connectivity index (χ0) is 25.1. The van der Waals surface area contributed by atoms with Gasteiger partial charge in [0.25, 0.3) is 0 Å². The second-order valence-electron chi connectivity index (χ2n) is 9.74. The largest absolute Gasteiger partial charge is 0.480 e. The number of ether oxygens (including phenoxy) is 1. The van der Waals surface area contributed by atoms with Crippen molar-refractivity contribution >= 4 is 23.8 Å². The molecule has 182 valence electrons. The first-order chi connectivity index (χ1) is 16.7. The second kappa shape index (κ2) is 10.2. The van der Waals surface area contributed by atoms with E-state index in [1.165, 1.54) is 4.90 Å². The predicted molar refractivity (Wildman–Crippen MR) is 140 cm³/mol. The Bertz CT molecular complexity index is 1050. The van der Waals surface area contributed by atoms with Crippen molar-refractivity contribution in [1.82, 2.24) is 4.90 Å². The number of nitrogens with zero attached hydrogens (tertiary/aromatic N) is 1. The van der Waals surface area contributed by atoms with Gasteiger partial charge in [0.1, 0.15) is 11.6 Å². The molecule has 1 amide bonds. The van der Waals surface area contributed by atoms with Gasteiger partial charge in [0.2, 0.25) is 0 Å². The number of aliphatic carboxylic acids is 1. The lowest BCUT2D eigenvalue weighted by Gasteiger charge is -2.37. The number of carbonyl (C=O) groups is 2. The van der Waals surface area contributed by atoms with Crippen molar-refractivity contribution in [2.75, 3.05) is 6.54 Å².